The van der Waals surface area contributed by atoms with E-state index in [1.54, 1.807) is 12.1 Å². The lowest BCUT2D eigenvalue weighted by atomic mass is 10.0. The second-order valence-corrected chi connectivity index (χ2v) is 4.36. The second-order valence-electron chi connectivity index (χ2n) is 4.36. The van der Waals surface area contributed by atoms with Crippen molar-refractivity contribution >= 4 is 22.7 Å². The van der Waals surface area contributed by atoms with E-state index in [0.29, 0.717) is 12.2 Å². The first kappa shape index (κ1) is 13.8. The number of rotatable bonds is 5. The fourth-order valence-corrected chi connectivity index (χ4v) is 1.90. The first-order chi connectivity index (χ1) is 9.58. The third-order valence-corrected chi connectivity index (χ3v) is 2.89. The zero-order valence-electron chi connectivity index (χ0n) is 10.8. The molecular formula is C16H14O4. The molecular weight excluding hydrogens is 256 g/mol. The zero-order chi connectivity index (χ0) is 14.5. The van der Waals surface area contributed by atoms with Gasteiger partial charge in [-0.15, -0.1) is 0 Å². The highest BCUT2D eigenvalue weighted by Crippen LogP contribution is 2.22. The van der Waals surface area contributed by atoms with Crippen LogP contribution in [0.2, 0.25) is 0 Å². The van der Waals surface area contributed by atoms with Crippen LogP contribution in [-0.2, 0) is 16.0 Å². The lowest BCUT2D eigenvalue weighted by Gasteiger charge is -2.05. The smallest absolute Gasteiger partial charge is 0.335 e. The molecule has 20 heavy (non-hydrogen) atoms. The molecule has 4 nitrogen and oxygen atoms in total. The summed E-state index contributed by atoms with van der Waals surface area (Å²) in [5.74, 6) is -0.847. The molecule has 0 fully saturated rings. The van der Waals surface area contributed by atoms with Crippen molar-refractivity contribution in [2.75, 3.05) is 0 Å². The number of esters is 1. The minimum absolute atomic E-state index is 0.112. The highest BCUT2D eigenvalue weighted by molar-refractivity contribution is 5.87. The minimum atomic E-state index is -0.809. The van der Waals surface area contributed by atoms with Crippen LogP contribution < -0.4 is 4.74 Å². The highest BCUT2D eigenvalue weighted by Gasteiger charge is 2.04. The van der Waals surface area contributed by atoms with Gasteiger partial charge in [0.05, 0.1) is 0 Å². The van der Waals surface area contributed by atoms with E-state index in [2.05, 4.69) is 6.58 Å². The third-order valence-electron chi connectivity index (χ3n) is 2.89. The number of ether oxygens (including phenoxy) is 1. The Morgan fingerprint density at radius 1 is 1.15 bits per heavy atom. The number of aliphatic carboxylic acids is 1. The van der Waals surface area contributed by atoms with Crippen molar-refractivity contribution in [3.63, 3.8) is 0 Å². The van der Waals surface area contributed by atoms with E-state index in [-0.39, 0.29) is 6.42 Å². The summed E-state index contributed by atoms with van der Waals surface area (Å²) < 4.78 is 5.05. The molecule has 0 saturated carbocycles. The van der Waals surface area contributed by atoms with Crippen molar-refractivity contribution in [1.82, 2.24) is 0 Å². The first-order valence-corrected chi connectivity index (χ1v) is 6.17. The predicted molar refractivity (Wildman–Crippen MR) is 75.7 cm³/mol. The summed E-state index contributed by atoms with van der Waals surface area (Å²) in [7, 11) is 0. The first-order valence-electron chi connectivity index (χ1n) is 6.17. The van der Waals surface area contributed by atoms with Crippen molar-refractivity contribution in [3.8, 4) is 5.75 Å². The summed E-state index contributed by atoms with van der Waals surface area (Å²) >= 11 is 0. The molecule has 0 aliphatic heterocycles. The average molecular weight is 270 g/mol. The molecule has 102 valence electrons. The van der Waals surface area contributed by atoms with Gasteiger partial charge < -0.3 is 9.84 Å². The Balaban J connectivity index is 2.22. The third kappa shape index (κ3) is 3.45. The van der Waals surface area contributed by atoms with Gasteiger partial charge in [0.1, 0.15) is 5.75 Å². The van der Waals surface area contributed by atoms with E-state index < -0.39 is 11.9 Å². The van der Waals surface area contributed by atoms with E-state index in [9.17, 15) is 9.59 Å². The Labute approximate surface area is 116 Å². The number of benzene rings is 2. The van der Waals surface area contributed by atoms with Crippen molar-refractivity contribution in [2.45, 2.75) is 12.8 Å². The monoisotopic (exact) mass is 270 g/mol. The van der Waals surface area contributed by atoms with Crippen molar-refractivity contribution < 1.29 is 19.4 Å². The fraction of sp³-hybridized carbons (Fsp3) is 0.125. The Morgan fingerprint density at radius 2 is 1.85 bits per heavy atom. The van der Waals surface area contributed by atoms with Gasteiger partial charge in [-0.25, -0.2) is 4.79 Å². The minimum Gasteiger partial charge on any atom is -0.481 e. The van der Waals surface area contributed by atoms with Crippen LogP contribution in [0.15, 0.2) is 49.1 Å². The van der Waals surface area contributed by atoms with E-state index >= 15 is 0 Å². The Hall–Kier alpha value is -2.62. The normalized spacial score (nSPS) is 10.2. The summed E-state index contributed by atoms with van der Waals surface area (Å²) in [6.45, 7) is 3.34. The van der Waals surface area contributed by atoms with Crippen LogP contribution in [0.3, 0.4) is 0 Å². The molecule has 0 saturated heterocycles. The van der Waals surface area contributed by atoms with E-state index in [1.807, 2.05) is 24.3 Å². The van der Waals surface area contributed by atoms with Crippen molar-refractivity contribution in [2.24, 2.45) is 0 Å². The molecule has 0 bridgehead atoms. The van der Waals surface area contributed by atoms with Crippen molar-refractivity contribution in [3.05, 3.63) is 54.6 Å². The SMILES string of the molecule is C=CC(=O)Oc1ccc2cc(CCC(=O)O)ccc2c1. The van der Waals surface area contributed by atoms with Gasteiger partial charge >= 0.3 is 11.9 Å². The molecule has 0 aromatic heterocycles. The Morgan fingerprint density at radius 3 is 2.55 bits per heavy atom. The standard InChI is InChI=1S/C16H14O4/c1-2-16(19)20-14-7-6-12-9-11(4-8-15(17)18)3-5-13(12)10-14/h2-3,5-7,9-10H,1,4,8H2,(H,17,18). The summed E-state index contributed by atoms with van der Waals surface area (Å²) in [6, 6.07) is 11.0. The number of carboxylic acids is 1. The molecule has 0 atom stereocenters. The number of aryl methyl sites for hydroxylation is 1. The Bertz CT molecular complexity index is 673. The zero-order valence-corrected chi connectivity index (χ0v) is 10.8. The lowest BCUT2D eigenvalue weighted by Crippen LogP contribution is -2.02. The summed E-state index contributed by atoms with van der Waals surface area (Å²) in [5, 5.41) is 10.6. The van der Waals surface area contributed by atoms with Crippen LogP contribution in [-0.4, -0.2) is 17.0 Å². The number of carbonyl (C=O) groups is 2. The largest absolute Gasteiger partial charge is 0.481 e. The molecule has 0 aliphatic carbocycles. The quantitative estimate of drug-likeness (QED) is 0.515. The van der Waals surface area contributed by atoms with Crippen LogP contribution in [0.5, 0.6) is 5.75 Å². The van der Waals surface area contributed by atoms with Crippen LogP contribution in [0.1, 0.15) is 12.0 Å². The fourth-order valence-electron chi connectivity index (χ4n) is 1.90. The van der Waals surface area contributed by atoms with Gasteiger partial charge in [-0.3, -0.25) is 4.79 Å². The topological polar surface area (TPSA) is 63.6 Å². The molecule has 4 heteroatoms. The van der Waals surface area contributed by atoms with Crippen LogP contribution >= 0.6 is 0 Å². The highest BCUT2D eigenvalue weighted by atomic mass is 16.5. The molecule has 0 spiro atoms. The molecule has 0 unspecified atom stereocenters. The predicted octanol–water partition coefficient (Wildman–Crippen LogP) is 2.95. The number of hydrogen-bond acceptors (Lipinski definition) is 3. The Kier molecular flexibility index (Phi) is 4.15. The van der Waals surface area contributed by atoms with Crippen LogP contribution in [0.25, 0.3) is 10.8 Å². The second kappa shape index (κ2) is 6.02. The number of carbonyl (C=O) groups excluding carboxylic acids is 1. The van der Waals surface area contributed by atoms with Crippen LogP contribution in [0.4, 0.5) is 0 Å². The van der Waals surface area contributed by atoms with Gasteiger partial charge in [-0.2, -0.15) is 0 Å². The van der Waals surface area contributed by atoms with Gasteiger partial charge in [0.15, 0.2) is 0 Å². The maximum Gasteiger partial charge on any atom is 0.335 e. The number of carboxylic acid groups (broad SMARTS) is 1. The molecule has 0 amide bonds. The van der Waals surface area contributed by atoms with Crippen molar-refractivity contribution in [1.29, 1.82) is 0 Å². The van der Waals surface area contributed by atoms with Gasteiger partial charge in [0.2, 0.25) is 0 Å². The molecule has 0 radical (unpaired) electrons. The van der Waals surface area contributed by atoms with Gasteiger partial charge in [-0.05, 0) is 34.9 Å². The summed E-state index contributed by atoms with van der Waals surface area (Å²) in [6.07, 6.45) is 1.72. The molecule has 2 rings (SSSR count). The molecule has 2 aromatic rings. The molecule has 0 heterocycles. The maximum absolute atomic E-state index is 11.1. The van der Waals surface area contributed by atoms with Gasteiger partial charge in [-0.1, -0.05) is 30.8 Å². The summed E-state index contributed by atoms with van der Waals surface area (Å²) in [5.41, 5.74) is 0.968. The van der Waals surface area contributed by atoms with Crippen LogP contribution in [0, 0.1) is 0 Å². The van der Waals surface area contributed by atoms with Gasteiger partial charge in [0, 0.05) is 12.5 Å². The molecule has 2 aromatic carbocycles. The van der Waals surface area contributed by atoms with Gasteiger partial charge in [0.25, 0.3) is 0 Å². The van der Waals surface area contributed by atoms with E-state index in [1.165, 1.54) is 0 Å². The number of fused-ring (bicyclic) bond motifs is 1. The molecule has 0 aliphatic rings. The lowest BCUT2D eigenvalue weighted by molar-refractivity contribution is -0.137. The summed E-state index contributed by atoms with van der Waals surface area (Å²) in [4.78, 5) is 21.7. The average Bonchev–Trinajstić information content (AvgIpc) is 2.44. The molecule has 1 N–H and O–H groups in total. The van der Waals surface area contributed by atoms with E-state index in [0.717, 1.165) is 22.4 Å². The number of hydrogen-bond donors (Lipinski definition) is 1. The van der Waals surface area contributed by atoms with E-state index in [4.69, 9.17) is 9.84 Å². The maximum atomic E-state index is 11.1.